The predicted octanol–water partition coefficient (Wildman–Crippen LogP) is 7.57. The van der Waals surface area contributed by atoms with Gasteiger partial charge >= 0.3 is 0 Å². The van der Waals surface area contributed by atoms with Crippen LogP contribution in [0.25, 0.3) is 32.4 Å². The standard InChI is InChI=1S/C34H32N2O2/c1-3-22-21-36-17-15-23(22)18-32(36)34(29-14-16-35-31-13-12-25(37-2)20-30(29)31)38-33-19-24-8-4-5-9-26(24)27-10-6-7-11-28(27)33/h3-14,16,19-20,22-23,32,34H,1,15,17-18,21H2,2H3/t22?,23?,32-,34+/m1/s1. The van der Waals surface area contributed by atoms with E-state index in [1.54, 1.807) is 7.11 Å². The van der Waals surface area contributed by atoms with Crippen LogP contribution >= 0.6 is 0 Å². The van der Waals surface area contributed by atoms with E-state index in [1.807, 2.05) is 18.3 Å². The smallest absolute Gasteiger partial charge is 0.140 e. The number of aromatic nitrogens is 1. The van der Waals surface area contributed by atoms with Crippen molar-refractivity contribution < 1.29 is 9.47 Å². The highest BCUT2D eigenvalue weighted by Gasteiger charge is 2.44. The first kappa shape index (κ1) is 23.2. The maximum Gasteiger partial charge on any atom is 0.140 e. The highest BCUT2D eigenvalue weighted by atomic mass is 16.5. The van der Waals surface area contributed by atoms with Crippen molar-refractivity contribution in [3.8, 4) is 11.5 Å². The maximum absolute atomic E-state index is 7.23. The Morgan fingerprint density at radius 1 is 0.947 bits per heavy atom. The molecule has 3 aliphatic rings. The molecule has 3 fully saturated rings. The molecule has 2 bridgehead atoms. The second kappa shape index (κ2) is 9.45. The first-order valence-corrected chi connectivity index (χ1v) is 13.6. The SMILES string of the molecule is C=CC1CN2CCC1C[C@@H]2[C@@H](Oc1cc2ccccc2c2ccccc12)c1ccnc2ccc(OC)cc12. The van der Waals surface area contributed by atoms with E-state index in [1.165, 1.54) is 28.1 Å². The molecule has 0 aliphatic carbocycles. The molecule has 8 rings (SSSR count). The molecule has 4 aromatic carbocycles. The van der Waals surface area contributed by atoms with Gasteiger partial charge in [-0.2, -0.15) is 0 Å². The van der Waals surface area contributed by atoms with Crippen LogP contribution in [0, 0.1) is 11.8 Å². The van der Waals surface area contributed by atoms with Crippen molar-refractivity contribution in [2.45, 2.75) is 25.0 Å². The third kappa shape index (κ3) is 3.83. The van der Waals surface area contributed by atoms with Crippen LogP contribution in [-0.4, -0.2) is 36.1 Å². The third-order valence-electron chi connectivity index (χ3n) is 8.78. The zero-order valence-electron chi connectivity index (χ0n) is 21.7. The minimum Gasteiger partial charge on any atom is -0.497 e. The van der Waals surface area contributed by atoms with E-state index in [0.717, 1.165) is 47.3 Å². The van der Waals surface area contributed by atoms with E-state index < -0.39 is 0 Å². The Morgan fingerprint density at radius 2 is 1.76 bits per heavy atom. The Balaban J connectivity index is 1.41. The third-order valence-corrected chi connectivity index (χ3v) is 8.78. The van der Waals surface area contributed by atoms with Crippen LogP contribution in [0.15, 0.2) is 97.7 Å². The number of rotatable bonds is 6. The highest BCUT2D eigenvalue weighted by Crippen LogP contribution is 2.45. The zero-order chi connectivity index (χ0) is 25.6. The molecule has 0 spiro atoms. The number of benzene rings is 4. The number of hydrogen-bond acceptors (Lipinski definition) is 4. The van der Waals surface area contributed by atoms with Crippen molar-refractivity contribution in [2.24, 2.45) is 11.8 Å². The Kier molecular flexibility index (Phi) is 5.78. The minimum absolute atomic E-state index is 0.147. The zero-order valence-corrected chi connectivity index (χ0v) is 21.7. The summed E-state index contributed by atoms with van der Waals surface area (Å²) in [5.41, 5.74) is 2.12. The summed E-state index contributed by atoms with van der Waals surface area (Å²) in [6.45, 7) is 6.29. The molecule has 4 heteroatoms. The van der Waals surface area contributed by atoms with Crippen LogP contribution in [-0.2, 0) is 0 Å². The van der Waals surface area contributed by atoms with Gasteiger partial charge in [-0.05, 0) is 77.7 Å². The molecule has 0 radical (unpaired) electrons. The number of ether oxygens (including phenoxy) is 2. The molecular weight excluding hydrogens is 468 g/mol. The number of pyridine rings is 1. The molecule has 3 unspecified atom stereocenters. The number of hydrogen-bond donors (Lipinski definition) is 0. The summed E-state index contributed by atoms with van der Waals surface area (Å²) in [5.74, 6) is 2.96. The summed E-state index contributed by atoms with van der Waals surface area (Å²) in [5, 5.41) is 5.90. The Morgan fingerprint density at radius 3 is 2.55 bits per heavy atom. The van der Waals surface area contributed by atoms with Crippen LogP contribution in [0.5, 0.6) is 11.5 Å². The number of nitrogens with zero attached hydrogens (tertiary/aromatic N) is 2. The fourth-order valence-electron chi connectivity index (χ4n) is 6.82. The lowest BCUT2D eigenvalue weighted by Gasteiger charge is -2.51. The molecule has 0 saturated carbocycles. The molecule has 3 saturated heterocycles. The second-order valence-corrected chi connectivity index (χ2v) is 10.7. The van der Waals surface area contributed by atoms with E-state index in [9.17, 15) is 0 Å². The Labute approximate surface area is 223 Å². The van der Waals surface area contributed by atoms with Crippen LogP contribution in [0.1, 0.15) is 24.5 Å². The molecule has 4 nitrogen and oxygen atoms in total. The van der Waals surface area contributed by atoms with Crippen molar-refractivity contribution in [3.63, 3.8) is 0 Å². The minimum atomic E-state index is -0.147. The Bertz CT molecular complexity index is 1660. The number of fused-ring (bicyclic) bond motifs is 7. The quantitative estimate of drug-likeness (QED) is 0.178. The summed E-state index contributed by atoms with van der Waals surface area (Å²) in [7, 11) is 1.72. The van der Waals surface area contributed by atoms with Crippen LogP contribution < -0.4 is 9.47 Å². The van der Waals surface area contributed by atoms with Gasteiger partial charge in [0.25, 0.3) is 0 Å². The molecule has 190 valence electrons. The maximum atomic E-state index is 7.23. The molecule has 0 amide bonds. The van der Waals surface area contributed by atoms with E-state index in [4.69, 9.17) is 9.47 Å². The summed E-state index contributed by atoms with van der Waals surface area (Å²) in [4.78, 5) is 7.31. The lowest BCUT2D eigenvalue weighted by molar-refractivity contribution is -0.0352. The molecule has 5 atom stereocenters. The Hall–Kier alpha value is -3.89. The van der Waals surface area contributed by atoms with Gasteiger partial charge in [0.15, 0.2) is 0 Å². The lowest BCUT2D eigenvalue weighted by atomic mass is 9.73. The van der Waals surface area contributed by atoms with Gasteiger partial charge in [0.05, 0.1) is 18.7 Å². The molecule has 0 N–H and O–H groups in total. The van der Waals surface area contributed by atoms with Gasteiger partial charge in [-0.15, -0.1) is 6.58 Å². The van der Waals surface area contributed by atoms with Crippen molar-refractivity contribution in [1.82, 2.24) is 9.88 Å². The topological polar surface area (TPSA) is 34.6 Å². The van der Waals surface area contributed by atoms with Gasteiger partial charge in [0, 0.05) is 29.1 Å². The van der Waals surface area contributed by atoms with Gasteiger partial charge in [0.2, 0.25) is 0 Å². The summed E-state index contributed by atoms with van der Waals surface area (Å²) in [6.07, 6.45) is 6.25. The van der Waals surface area contributed by atoms with Gasteiger partial charge < -0.3 is 9.47 Å². The second-order valence-electron chi connectivity index (χ2n) is 10.7. The van der Waals surface area contributed by atoms with E-state index in [2.05, 4.69) is 89.3 Å². The van der Waals surface area contributed by atoms with E-state index >= 15 is 0 Å². The normalized spacial score (nSPS) is 23.5. The van der Waals surface area contributed by atoms with Gasteiger partial charge in [-0.3, -0.25) is 9.88 Å². The molecule has 38 heavy (non-hydrogen) atoms. The van der Waals surface area contributed by atoms with Crippen molar-refractivity contribution in [3.05, 3.63) is 103 Å². The fraction of sp³-hybridized carbons (Fsp3) is 0.265. The first-order chi connectivity index (χ1) is 18.7. The summed E-state index contributed by atoms with van der Waals surface area (Å²) < 4.78 is 12.8. The average Bonchev–Trinajstić information content (AvgIpc) is 2.99. The largest absolute Gasteiger partial charge is 0.497 e. The molecule has 1 aromatic heterocycles. The summed E-state index contributed by atoms with van der Waals surface area (Å²) >= 11 is 0. The molecule has 3 aliphatic heterocycles. The van der Waals surface area contributed by atoms with Crippen LogP contribution in [0.4, 0.5) is 0 Å². The average molecular weight is 501 g/mol. The van der Waals surface area contributed by atoms with Gasteiger partial charge in [-0.1, -0.05) is 54.6 Å². The first-order valence-electron chi connectivity index (χ1n) is 13.6. The van der Waals surface area contributed by atoms with Crippen LogP contribution in [0.3, 0.4) is 0 Å². The fourth-order valence-corrected chi connectivity index (χ4v) is 6.82. The van der Waals surface area contributed by atoms with Gasteiger partial charge in [0.1, 0.15) is 17.6 Å². The molecular formula is C34H32N2O2. The van der Waals surface area contributed by atoms with Crippen molar-refractivity contribution in [1.29, 1.82) is 0 Å². The van der Waals surface area contributed by atoms with Gasteiger partial charge in [-0.25, -0.2) is 0 Å². The van der Waals surface area contributed by atoms with E-state index in [-0.39, 0.29) is 12.1 Å². The molecule has 5 aromatic rings. The summed E-state index contributed by atoms with van der Waals surface area (Å²) in [6, 6.07) is 27.9. The predicted molar refractivity (Wildman–Crippen MR) is 155 cm³/mol. The van der Waals surface area contributed by atoms with Crippen molar-refractivity contribution in [2.75, 3.05) is 20.2 Å². The highest BCUT2D eigenvalue weighted by molar-refractivity contribution is 6.10. The van der Waals surface area contributed by atoms with E-state index in [0.29, 0.717) is 11.8 Å². The number of methoxy groups -OCH3 is 1. The van der Waals surface area contributed by atoms with Crippen LogP contribution in [0.2, 0.25) is 0 Å². The van der Waals surface area contributed by atoms with Crippen molar-refractivity contribution >= 4 is 32.4 Å². The molecule has 4 heterocycles. The lowest BCUT2D eigenvalue weighted by Crippen LogP contribution is -2.55. The monoisotopic (exact) mass is 500 g/mol. The number of piperidine rings is 3.